The van der Waals surface area contributed by atoms with Gasteiger partial charge in [-0.3, -0.25) is 9.20 Å². The van der Waals surface area contributed by atoms with Crippen molar-refractivity contribution in [3.8, 4) is 28.1 Å². The zero-order valence-electron chi connectivity index (χ0n) is 22.7. The van der Waals surface area contributed by atoms with Crippen LogP contribution in [0.2, 0.25) is 0 Å². The molecule has 0 amide bonds. The van der Waals surface area contributed by atoms with Gasteiger partial charge in [-0.1, -0.05) is 12.1 Å². The average molecular weight is 572 g/mol. The largest absolute Gasteiger partial charge is 0.488 e. The highest BCUT2D eigenvalue weighted by Crippen LogP contribution is 2.36. The zero-order valence-corrected chi connectivity index (χ0v) is 22.7. The van der Waals surface area contributed by atoms with Crippen LogP contribution in [-0.4, -0.2) is 35.2 Å². The second kappa shape index (κ2) is 10.3. The van der Waals surface area contributed by atoms with Crippen LogP contribution in [-0.2, 0) is 0 Å². The van der Waals surface area contributed by atoms with Crippen LogP contribution in [0.3, 0.4) is 0 Å². The van der Waals surface area contributed by atoms with E-state index < -0.39 is 29.1 Å². The molecule has 2 N–H and O–H groups in total. The number of pyridine rings is 1. The molecule has 0 spiro atoms. The fraction of sp³-hybridized carbons (Fsp3) is 0.167. The molecule has 0 aliphatic rings. The van der Waals surface area contributed by atoms with Crippen LogP contribution in [0.25, 0.3) is 39.1 Å². The molecule has 2 aromatic carbocycles. The van der Waals surface area contributed by atoms with Crippen molar-refractivity contribution in [3.05, 3.63) is 101 Å². The maximum absolute atomic E-state index is 15.0. The monoisotopic (exact) mass is 571 g/mol. The first-order valence-corrected chi connectivity index (χ1v) is 13.1. The van der Waals surface area contributed by atoms with Crippen LogP contribution >= 0.6 is 0 Å². The average Bonchev–Trinajstić information content (AvgIpc) is 3.35. The summed E-state index contributed by atoms with van der Waals surface area (Å²) in [5.74, 6) is -1.70. The Balaban J connectivity index is 1.60. The van der Waals surface area contributed by atoms with E-state index in [0.29, 0.717) is 10.9 Å². The van der Waals surface area contributed by atoms with Crippen molar-refractivity contribution in [2.75, 3.05) is 5.73 Å². The van der Waals surface area contributed by atoms with Crippen LogP contribution in [0.4, 0.5) is 19.0 Å². The molecule has 6 rings (SSSR count). The van der Waals surface area contributed by atoms with E-state index in [1.54, 1.807) is 32.9 Å². The van der Waals surface area contributed by atoms with E-state index in [0.717, 1.165) is 4.40 Å². The molecule has 0 fully saturated rings. The van der Waals surface area contributed by atoms with Gasteiger partial charge in [0.15, 0.2) is 28.7 Å². The summed E-state index contributed by atoms with van der Waals surface area (Å²) in [6.07, 6.45) is 2.41. The maximum Gasteiger partial charge on any atom is 0.266 e. The highest BCUT2D eigenvalue weighted by molar-refractivity contribution is 5.98. The molecular weight excluding hydrogens is 547 g/mol. The van der Waals surface area contributed by atoms with E-state index in [-0.39, 0.29) is 51.5 Å². The van der Waals surface area contributed by atoms with Gasteiger partial charge in [-0.2, -0.15) is 5.10 Å². The van der Waals surface area contributed by atoms with E-state index in [1.807, 2.05) is 0 Å². The summed E-state index contributed by atoms with van der Waals surface area (Å²) >= 11 is 0. The lowest BCUT2D eigenvalue weighted by Crippen LogP contribution is -2.24. The number of benzene rings is 2. The number of rotatable bonds is 6. The van der Waals surface area contributed by atoms with Crippen molar-refractivity contribution in [2.45, 2.75) is 32.9 Å². The third-order valence-electron chi connectivity index (χ3n) is 6.80. The summed E-state index contributed by atoms with van der Waals surface area (Å²) in [6.45, 7) is 5.27. The summed E-state index contributed by atoms with van der Waals surface area (Å²) in [6, 6.07) is 11.6. The molecule has 4 aromatic heterocycles. The fourth-order valence-corrected chi connectivity index (χ4v) is 4.94. The molecule has 1 atom stereocenters. The lowest BCUT2D eigenvalue weighted by molar-refractivity contribution is 0.231. The lowest BCUT2D eigenvalue weighted by atomic mass is 10.0. The predicted octanol–water partition coefficient (Wildman–Crippen LogP) is 5.56. The van der Waals surface area contributed by atoms with Crippen molar-refractivity contribution in [1.82, 2.24) is 29.1 Å². The van der Waals surface area contributed by atoms with Gasteiger partial charge in [0.05, 0.1) is 28.8 Å². The number of hydrogen-bond acceptors (Lipinski definition) is 7. The smallest absolute Gasteiger partial charge is 0.266 e. The lowest BCUT2D eigenvalue weighted by Gasteiger charge is -2.18. The van der Waals surface area contributed by atoms with Crippen LogP contribution in [0.5, 0.6) is 5.75 Å². The molecule has 12 heteroatoms. The summed E-state index contributed by atoms with van der Waals surface area (Å²) < 4.78 is 52.3. The number of hydrogen-bond donors (Lipinski definition) is 1. The molecule has 0 saturated heterocycles. The predicted molar refractivity (Wildman–Crippen MR) is 152 cm³/mol. The molecule has 0 radical (unpaired) electrons. The standard InChI is InChI=1S/C30H24F3N7O2/c1-15(2)42-22-10-9-18(13-21(22)33)26-24-27(34)35-14-36-29(24)40(38-26)16(3)25-23(17-6-4-7-19(31)12-17)30(41)39-11-5-8-20(32)28(39)37-25/h4-16H,1-3H3,(H2,34,35,36). The molecule has 42 heavy (non-hydrogen) atoms. The first kappa shape index (κ1) is 26.9. The van der Waals surface area contributed by atoms with Crippen LogP contribution in [0.15, 0.2) is 71.9 Å². The third kappa shape index (κ3) is 4.50. The Kier molecular flexibility index (Phi) is 6.60. The SMILES string of the molecule is CC(C)Oc1ccc(-c2nn(C(C)c3nc4c(F)cccn4c(=O)c3-c3cccc(F)c3)c3ncnc(N)c23)cc1F. The minimum Gasteiger partial charge on any atom is -0.488 e. The number of nitrogens with two attached hydrogens (primary N) is 1. The van der Waals surface area contributed by atoms with Crippen LogP contribution in [0, 0.1) is 17.5 Å². The molecule has 6 aromatic rings. The van der Waals surface area contributed by atoms with Gasteiger partial charge < -0.3 is 10.5 Å². The highest BCUT2D eigenvalue weighted by Gasteiger charge is 2.27. The van der Waals surface area contributed by atoms with Gasteiger partial charge in [-0.15, -0.1) is 0 Å². The Morgan fingerprint density at radius 2 is 1.71 bits per heavy atom. The molecule has 0 bridgehead atoms. The first-order chi connectivity index (χ1) is 20.1. The molecule has 212 valence electrons. The van der Waals surface area contributed by atoms with E-state index in [4.69, 9.17) is 15.6 Å². The molecule has 4 heterocycles. The van der Waals surface area contributed by atoms with E-state index in [1.165, 1.54) is 59.7 Å². The Labute approximate surface area is 237 Å². The number of anilines is 1. The van der Waals surface area contributed by atoms with Gasteiger partial charge in [0.1, 0.15) is 23.7 Å². The molecule has 1 unspecified atom stereocenters. The molecule has 0 aliphatic carbocycles. The van der Waals surface area contributed by atoms with Gasteiger partial charge in [-0.25, -0.2) is 32.8 Å². The second-order valence-electron chi connectivity index (χ2n) is 9.98. The second-order valence-corrected chi connectivity index (χ2v) is 9.98. The van der Waals surface area contributed by atoms with Gasteiger partial charge in [0.2, 0.25) is 0 Å². The van der Waals surface area contributed by atoms with Crippen molar-refractivity contribution < 1.29 is 17.9 Å². The van der Waals surface area contributed by atoms with Gasteiger partial charge in [0.25, 0.3) is 5.56 Å². The zero-order chi connectivity index (χ0) is 29.7. The fourth-order valence-electron chi connectivity index (χ4n) is 4.94. The normalized spacial score (nSPS) is 12.4. The van der Waals surface area contributed by atoms with Crippen LogP contribution < -0.4 is 16.0 Å². The van der Waals surface area contributed by atoms with E-state index >= 15 is 0 Å². The van der Waals surface area contributed by atoms with Crippen molar-refractivity contribution in [1.29, 1.82) is 0 Å². The maximum atomic E-state index is 15.0. The van der Waals surface area contributed by atoms with Gasteiger partial charge in [-0.05, 0) is 68.8 Å². The summed E-state index contributed by atoms with van der Waals surface area (Å²) in [4.78, 5) is 26.8. The van der Waals surface area contributed by atoms with Crippen molar-refractivity contribution in [2.24, 2.45) is 0 Å². The summed E-state index contributed by atoms with van der Waals surface area (Å²) in [5.41, 5.74) is 6.80. The van der Waals surface area contributed by atoms with E-state index in [2.05, 4.69) is 15.0 Å². The minimum atomic E-state index is -0.848. The van der Waals surface area contributed by atoms with Crippen LogP contribution in [0.1, 0.15) is 32.5 Å². The first-order valence-electron chi connectivity index (χ1n) is 13.1. The number of nitrogens with zero attached hydrogens (tertiary/aromatic N) is 6. The van der Waals surface area contributed by atoms with Crippen molar-refractivity contribution >= 4 is 22.5 Å². The topological polar surface area (TPSA) is 113 Å². The number of fused-ring (bicyclic) bond motifs is 2. The third-order valence-corrected chi connectivity index (χ3v) is 6.80. The quantitative estimate of drug-likeness (QED) is 0.278. The minimum absolute atomic E-state index is 0.0542. The van der Waals surface area contributed by atoms with E-state index in [9.17, 15) is 18.0 Å². The number of halogens is 3. The van der Waals surface area contributed by atoms with Gasteiger partial charge in [0, 0.05) is 11.8 Å². The van der Waals surface area contributed by atoms with Gasteiger partial charge >= 0.3 is 0 Å². The summed E-state index contributed by atoms with van der Waals surface area (Å²) in [7, 11) is 0. The van der Waals surface area contributed by atoms with Crippen molar-refractivity contribution in [3.63, 3.8) is 0 Å². The summed E-state index contributed by atoms with van der Waals surface area (Å²) in [5, 5.41) is 5.07. The number of ether oxygens (including phenoxy) is 1. The molecular formula is C30H24F3N7O2. The molecule has 9 nitrogen and oxygen atoms in total. The Morgan fingerprint density at radius 1 is 0.905 bits per heavy atom. The Bertz CT molecular complexity index is 2060. The molecule has 0 aliphatic heterocycles. The number of aromatic nitrogens is 6. The highest BCUT2D eigenvalue weighted by atomic mass is 19.1. The Morgan fingerprint density at radius 3 is 2.45 bits per heavy atom. The molecule has 0 saturated carbocycles. The Hall–Kier alpha value is -5.26. The number of nitrogen functional groups attached to an aromatic ring is 1.